The van der Waals surface area contributed by atoms with Crippen LogP contribution in [0.15, 0.2) is 0 Å². The molecule has 2 fully saturated rings. The van der Waals surface area contributed by atoms with E-state index in [9.17, 15) is 0 Å². The quantitative estimate of drug-likeness (QED) is 0.778. The zero-order valence-electron chi connectivity index (χ0n) is 12.4. The highest BCUT2D eigenvalue weighted by atomic mass is 28.4. The van der Waals surface area contributed by atoms with Gasteiger partial charge >= 0.3 is 8.56 Å². The van der Waals surface area contributed by atoms with Crippen molar-refractivity contribution in [2.24, 2.45) is 11.5 Å². The lowest BCUT2D eigenvalue weighted by atomic mass is 9.95. The summed E-state index contributed by atoms with van der Waals surface area (Å²) in [5, 5.41) is 0. The maximum atomic E-state index is 6.07. The Bertz CT molecular complexity index is 247. The van der Waals surface area contributed by atoms with Crippen LogP contribution < -0.4 is 11.5 Å². The lowest BCUT2D eigenvalue weighted by Gasteiger charge is -2.45. The molecule has 0 aliphatic heterocycles. The van der Waals surface area contributed by atoms with Crippen LogP contribution >= 0.6 is 0 Å². The van der Waals surface area contributed by atoms with Crippen molar-refractivity contribution < 1.29 is 8.85 Å². The van der Waals surface area contributed by atoms with Crippen LogP contribution in [0.25, 0.3) is 0 Å². The van der Waals surface area contributed by atoms with Crippen molar-refractivity contribution >= 4 is 8.56 Å². The van der Waals surface area contributed by atoms with Gasteiger partial charge in [-0.25, -0.2) is 0 Å². The van der Waals surface area contributed by atoms with Crippen molar-refractivity contribution in [3.63, 3.8) is 0 Å². The van der Waals surface area contributed by atoms with Crippen LogP contribution in [0.4, 0.5) is 0 Å². The molecule has 0 aromatic rings. The third-order valence-electron chi connectivity index (χ3n) is 5.32. The summed E-state index contributed by atoms with van der Waals surface area (Å²) in [7, 11) is 1.61. The highest BCUT2D eigenvalue weighted by molar-refractivity contribution is 6.70. The minimum absolute atomic E-state index is 0.386. The third-order valence-corrected chi connectivity index (χ3v) is 10.0. The van der Waals surface area contributed by atoms with Crippen LogP contribution in [0.3, 0.4) is 0 Å². The predicted molar refractivity (Wildman–Crippen MR) is 80.2 cm³/mol. The molecule has 2 aliphatic carbocycles. The molecular weight excluding hydrogens is 256 g/mol. The number of hydrogen-bond acceptors (Lipinski definition) is 4. The van der Waals surface area contributed by atoms with Crippen LogP contribution in [0, 0.1) is 0 Å². The van der Waals surface area contributed by atoms with Gasteiger partial charge in [0.05, 0.1) is 0 Å². The summed E-state index contributed by atoms with van der Waals surface area (Å²) in [5.74, 6) is 0. The second-order valence-corrected chi connectivity index (χ2v) is 10.2. The minimum atomic E-state index is -2.11. The van der Waals surface area contributed by atoms with E-state index in [-0.39, 0.29) is 0 Å². The predicted octanol–water partition coefficient (Wildman–Crippen LogP) is 2.26. The Morgan fingerprint density at radius 3 is 1.26 bits per heavy atom. The summed E-state index contributed by atoms with van der Waals surface area (Å²) >= 11 is 0. The van der Waals surface area contributed by atoms with Gasteiger partial charge in [-0.3, -0.25) is 0 Å². The van der Waals surface area contributed by atoms with Crippen molar-refractivity contribution in [3.05, 3.63) is 0 Å². The molecule has 0 spiro atoms. The van der Waals surface area contributed by atoms with Crippen LogP contribution in [0.2, 0.25) is 11.1 Å². The van der Waals surface area contributed by atoms with Gasteiger partial charge in [-0.05, 0) is 51.4 Å². The van der Waals surface area contributed by atoms with Crippen molar-refractivity contribution in [2.75, 3.05) is 14.2 Å². The van der Waals surface area contributed by atoms with Gasteiger partial charge in [-0.15, -0.1) is 0 Å². The highest BCUT2D eigenvalue weighted by Crippen LogP contribution is 2.48. The summed E-state index contributed by atoms with van der Waals surface area (Å²) in [6.07, 6.45) is 9.21. The largest absolute Gasteiger partial charge is 0.397 e. The lowest BCUT2D eigenvalue weighted by Crippen LogP contribution is -2.52. The van der Waals surface area contributed by atoms with E-state index >= 15 is 0 Å². The number of hydrogen-bond donors (Lipinski definition) is 2. The molecule has 0 aromatic heterocycles. The van der Waals surface area contributed by atoms with Crippen LogP contribution in [0.1, 0.15) is 51.4 Å². The molecule has 0 bridgehead atoms. The molecule has 0 aromatic carbocycles. The topological polar surface area (TPSA) is 70.5 Å². The van der Waals surface area contributed by atoms with E-state index in [1.807, 2.05) is 14.2 Å². The lowest BCUT2D eigenvalue weighted by molar-refractivity contribution is 0.189. The van der Waals surface area contributed by atoms with E-state index in [1.165, 1.54) is 25.7 Å². The SMILES string of the molecule is CO[Si](OC)(C1CCC(N)CC1)C1CCC(N)CC1. The first kappa shape index (κ1) is 15.4. The molecule has 4 N–H and O–H groups in total. The maximum absolute atomic E-state index is 6.07. The Morgan fingerprint density at radius 1 is 0.684 bits per heavy atom. The Kier molecular flexibility index (Phi) is 5.43. The smallest absolute Gasteiger partial charge is 0.344 e. The molecule has 112 valence electrons. The molecule has 2 rings (SSSR count). The molecule has 0 atom stereocenters. The molecule has 0 unspecified atom stereocenters. The second-order valence-electron chi connectivity index (χ2n) is 6.35. The maximum Gasteiger partial charge on any atom is 0.344 e. The van der Waals surface area contributed by atoms with Crippen molar-refractivity contribution in [1.29, 1.82) is 0 Å². The van der Waals surface area contributed by atoms with Gasteiger partial charge in [0, 0.05) is 37.4 Å². The average Bonchev–Trinajstić information content (AvgIpc) is 2.44. The number of nitrogens with two attached hydrogens (primary N) is 2. The monoisotopic (exact) mass is 286 g/mol. The van der Waals surface area contributed by atoms with E-state index in [1.54, 1.807) is 0 Å². The highest BCUT2D eigenvalue weighted by Gasteiger charge is 2.52. The van der Waals surface area contributed by atoms with Crippen molar-refractivity contribution in [1.82, 2.24) is 0 Å². The Balaban J connectivity index is 2.08. The van der Waals surface area contributed by atoms with Crippen molar-refractivity contribution in [3.8, 4) is 0 Å². The van der Waals surface area contributed by atoms with Gasteiger partial charge in [0.15, 0.2) is 0 Å². The van der Waals surface area contributed by atoms with Crippen LogP contribution in [-0.2, 0) is 8.85 Å². The summed E-state index contributed by atoms with van der Waals surface area (Å²) in [6.45, 7) is 0. The van der Waals surface area contributed by atoms with E-state index in [0.29, 0.717) is 23.2 Å². The van der Waals surface area contributed by atoms with Crippen molar-refractivity contribution in [2.45, 2.75) is 74.5 Å². The molecule has 2 saturated carbocycles. The summed E-state index contributed by atoms with van der Waals surface area (Å²) in [5.41, 5.74) is 13.3. The van der Waals surface area contributed by atoms with E-state index in [2.05, 4.69) is 0 Å². The van der Waals surface area contributed by atoms with Gasteiger partial charge in [0.1, 0.15) is 0 Å². The summed E-state index contributed by atoms with van der Waals surface area (Å²) in [6, 6.07) is 0.771. The fourth-order valence-corrected chi connectivity index (χ4v) is 8.57. The Morgan fingerprint density at radius 2 is 1.00 bits per heavy atom. The molecular formula is C14H30N2O2Si. The average molecular weight is 286 g/mol. The molecule has 5 heteroatoms. The van der Waals surface area contributed by atoms with Gasteiger partial charge in [0.2, 0.25) is 0 Å². The van der Waals surface area contributed by atoms with E-state index < -0.39 is 8.56 Å². The first-order valence-electron chi connectivity index (χ1n) is 7.73. The third kappa shape index (κ3) is 3.21. The molecule has 19 heavy (non-hydrogen) atoms. The fraction of sp³-hybridized carbons (Fsp3) is 1.00. The molecule has 0 saturated heterocycles. The van der Waals surface area contributed by atoms with Gasteiger partial charge in [0.25, 0.3) is 0 Å². The molecule has 0 amide bonds. The van der Waals surface area contributed by atoms with E-state index in [0.717, 1.165) is 25.7 Å². The van der Waals surface area contributed by atoms with Crippen LogP contribution in [-0.4, -0.2) is 34.9 Å². The second kappa shape index (κ2) is 6.67. The molecule has 0 radical (unpaired) electrons. The van der Waals surface area contributed by atoms with Gasteiger partial charge < -0.3 is 20.3 Å². The number of rotatable bonds is 4. The summed E-state index contributed by atoms with van der Waals surface area (Å²) in [4.78, 5) is 0. The summed E-state index contributed by atoms with van der Waals surface area (Å²) < 4.78 is 12.1. The first-order chi connectivity index (χ1) is 9.12. The molecule has 4 nitrogen and oxygen atoms in total. The van der Waals surface area contributed by atoms with Gasteiger partial charge in [-0.2, -0.15) is 0 Å². The minimum Gasteiger partial charge on any atom is -0.397 e. The van der Waals surface area contributed by atoms with Gasteiger partial charge in [-0.1, -0.05) is 0 Å². The molecule has 2 aliphatic rings. The zero-order valence-corrected chi connectivity index (χ0v) is 13.4. The fourth-order valence-electron chi connectivity index (χ4n) is 4.13. The van der Waals surface area contributed by atoms with Crippen LogP contribution in [0.5, 0.6) is 0 Å². The zero-order chi connectivity index (χ0) is 13.9. The standard InChI is InChI=1S/C14H30N2O2Si/c1-17-19(18-2,13-7-3-11(15)4-8-13)14-9-5-12(16)6-10-14/h11-14H,3-10,15-16H2,1-2H3. The first-order valence-corrected chi connectivity index (χ1v) is 9.71. The molecule has 0 heterocycles. The Hall–Kier alpha value is 0.0569. The van der Waals surface area contributed by atoms with E-state index in [4.69, 9.17) is 20.3 Å². The Labute approximate surface area is 118 Å². The normalized spacial score (nSPS) is 37.3.